The normalized spacial score (nSPS) is 13.6. The Balaban J connectivity index is 1.65. The fraction of sp³-hybridized carbons (Fsp3) is 0.182. The van der Waals surface area contributed by atoms with E-state index >= 15 is 0 Å². The largest absolute Gasteiger partial charge is 0.355 e. The molecule has 3 aromatic rings. The molecule has 1 aliphatic heterocycles. The highest BCUT2D eigenvalue weighted by molar-refractivity contribution is 7.90. The van der Waals surface area contributed by atoms with E-state index in [9.17, 15) is 8.42 Å². The minimum Gasteiger partial charge on any atom is -0.355 e. The van der Waals surface area contributed by atoms with Gasteiger partial charge in [0.15, 0.2) is 9.84 Å². The molecule has 0 saturated heterocycles. The number of sulfone groups is 1. The maximum Gasteiger partial charge on any atom is 0.229 e. The minimum atomic E-state index is -3.29. The van der Waals surface area contributed by atoms with Crippen molar-refractivity contribution < 1.29 is 8.42 Å². The second-order valence-electron chi connectivity index (χ2n) is 7.41. The van der Waals surface area contributed by atoms with Crippen LogP contribution in [0.15, 0.2) is 53.6 Å². The van der Waals surface area contributed by atoms with E-state index in [1.165, 1.54) is 6.26 Å². The van der Waals surface area contributed by atoms with E-state index in [0.717, 1.165) is 33.1 Å². The van der Waals surface area contributed by atoms with Gasteiger partial charge in [-0.3, -0.25) is 0 Å². The summed E-state index contributed by atoms with van der Waals surface area (Å²) in [5.41, 5.74) is 4.72. The summed E-state index contributed by atoms with van der Waals surface area (Å²) in [6.45, 7) is 2.68. The van der Waals surface area contributed by atoms with Crippen molar-refractivity contribution in [3.8, 4) is 0 Å². The summed E-state index contributed by atoms with van der Waals surface area (Å²) in [7, 11) is -1.32. The van der Waals surface area contributed by atoms with E-state index in [4.69, 9.17) is 11.6 Å². The number of halogens is 1. The van der Waals surface area contributed by atoms with Gasteiger partial charge in [0, 0.05) is 42.3 Å². The third-order valence-electron chi connectivity index (χ3n) is 4.88. The first-order chi connectivity index (χ1) is 14.2. The number of fused-ring (bicyclic) bond motifs is 1. The van der Waals surface area contributed by atoms with Gasteiger partial charge in [0.05, 0.1) is 4.90 Å². The first kappa shape index (κ1) is 20.4. The Bertz CT molecular complexity index is 1270. The topological polar surface area (TPSA) is 75.2 Å². The lowest BCUT2D eigenvalue weighted by molar-refractivity contribution is 0.602. The molecule has 1 N–H and O–H groups in total. The molecule has 0 spiro atoms. The standard InChI is InChI=1S/C22H21ClN4O2S/c1-14-7-8-19(20(23)9-14)16-10-15-12-24-22(26-21(15)27(2)13-16)25-17-5-4-6-18(11-17)30(3,28)29/h4-12H,13H2,1-3H3,(H,24,25,26). The third kappa shape index (κ3) is 4.17. The second-order valence-corrected chi connectivity index (χ2v) is 9.83. The first-order valence-electron chi connectivity index (χ1n) is 9.33. The van der Waals surface area contributed by atoms with Crippen molar-refractivity contribution in [3.05, 3.63) is 70.4 Å². The van der Waals surface area contributed by atoms with Crippen LogP contribution >= 0.6 is 11.6 Å². The van der Waals surface area contributed by atoms with Gasteiger partial charge in [0.2, 0.25) is 5.95 Å². The van der Waals surface area contributed by atoms with E-state index in [2.05, 4.69) is 21.4 Å². The summed E-state index contributed by atoms with van der Waals surface area (Å²) >= 11 is 6.45. The van der Waals surface area contributed by atoms with Gasteiger partial charge in [-0.1, -0.05) is 29.8 Å². The van der Waals surface area contributed by atoms with E-state index in [1.54, 1.807) is 30.5 Å². The zero-order valence-electron chi connectivity index (χ0n) is 16.8. The highest BCUT2D eigenvalue weighted by atomic mass is 35.5. The van der Waals surface area contributed by atoms with Crippen LogP contribution in [-0.2, 0) is 9.84 Å². The quantitative estimate of drug-likeness (QED) is 0.640. The van der Waals surface area contributed by atoms with E-state index in [-0.39, 0.29) is 4.90 Å². The summed E-state index contributed by atoms with van der Waals surface area (Å²) < 4.78 is 23.6. The van der Waals surface area contributed by atoms with Crippen LogP contribution < -0.4 is 10.2 Å². The van der Waals surface area contributed by atoms with Crippen LogP contribution in [0.1, 0.15) is 16.7 Å². The Morgan fingerprint density at radius 3 is 2.70 bits per heavy atom. The molecule has 0 radical (unpaired) electrons. The van der Waals surface area contributed by atoms with Crippen molar-refractivity contribution >= 4 is 50.5 Å². The Labute approximate surface area is 181 Å². The molecule has 8 heteroatoms. The zero-order chi connectivity index (χ0) is 21.5. The van der Waals surface area contributed by atoms with E-state index in [0.29, 0.717) is 18.2 Å². The second kappa shape index (κ2) is 7.74. The molecule has 2 aromatic carbocycles. The molecule has 1 aliphatic rings. The highest BCUT2D eigenvalue weighted by Gasteiger charge is 2.20. The third-order valence-corrected chi connectivity index (χ3v) is 6.31. The summed E-state index contributed by atoms with van der Waals surface area (Å²) in [5, 5.41) is 3.82. The lowest BCUT2D eigenvalue weighted by atomic mass is 9.99. The van der Waals surface area contributed by atoms with Crippen molar-refractivity contribution in [1.82, 2.24) is 9.97 Å². The van der Waals surface area contributed by atoms with Gasteiger partial charge in [-0.15, -0.1) is 0 Å². The van der Waals surface area contributed by atoms with Crippen molar-refractivity contribution in [2.45, 2.75) is 11.8 Å². The number of likely N-dealkylation sites (N-methyl/N-ethyl adjacent to an activating group) is 1. The van der Waals surface area contributed by atoms with Crippen LogP contribution in [-0.4, -0.2) is 38.2 Å². The number of hydrogen-bond acceptors (Lipinski definition) is 6. The van der Waals surface area contributed by atoms with Gasteiger partial charge >= 0.3 is 0 Å². The molecule has 6 nitrogen and oxygen atoms in total. The minimum absolute atomic E-state index is 0.241. The highest BCUT2D eigenvalue weighted by Crippen LogP contribution is 2.34. The lowest BCUT2D eigenvalue weighted by Gasteiger charge is -2.27. The average molecular weight is 441 g/mol. The number of nitrogens with zero attached hydrogens (tertiary/aromatic N) is 3. The molecular weight excluding hydrogens is 420 g/mol. The smallest absolute Gasteiger partial charge is 0.229 e. The Kier molecular flexibility index (Phi) is 5.26. The summed E-state index contributed by atoms with van der Waals surface area (Å²) in [5.74, 6) is 1.19. The van der Waals surface area contributed by atoms with Crippen LogP contribution in [0.25, 0.3) is 11.6 Å². The number of aromatic nitrogens is 2. The van der Waals surface area contributed by atoms with Crippen molar-refractivity contribution in [2.24, 2.45) is 0 Å². The van der Waals surface area contributed by atoms with Crippen LogP contribution in [0.3, 0.4) is 0 Å². The first-order valence-corrected chi connectivity index (χ1v) is 11.6. The van der Waals surface area contributed by atoms with Gasteiger partial charge in [-0.2, -0.15) is 4.98 Å². The fourth-order valence-electron chi connectivity index (χ4n) is 3.39. The number of rotatable bonds is 4. The summed E-state index contributed by atoms with van der Waals surface area (Å²) in [6, 6.07) is 12.6. The Morgan fingerprint density at radius 1 is 1.17 bits per heavy atom. The molecule has 1 aromatic heterocycles. The molecule has 154 valence electrons. The molecule has 0 fully saturated rings. The number of hydrogen-bond donors (Lipinski definition) is 1. The maximum atomic E-state index is 11.8. The van der Waals surface area contributed by atoms with Crippen LogP contribution in [0, 0.1) is 6.92 Å². The SMILES string of the molecule is Cc1ccc(C2=Cc3cnc(Nc4cccc(S(C)(=O)=O)c4)nc3N(C)C2)c(Cl)c1. The molecule has 0 atom stereocenters. The predicted octanol–water partition coefficient (Wildman–Crippen LogP) is 4.58. The van der Waals surface area contributed by atoms with Crippen molar-refractivity contribution in [1.29, 1.82) is 0 Å². The molecule has 30 heavy (non-hydrogen) atoms. The van der Waals surface area contributed by atoms with Crippen LogP contribution in [0.2, 0.25) is 5.02 Å². The fourth-order valence-corrected chi connectivity index (χ4v) is 4.41. The number of anilines is 3. The van der Waals surface area contributed by atoms with Crippen molar-refractivity contribution in [2.75, 3.05) is 30.1 Å². The average Bonchev–Trinajstić information content (AvgIpc) is 2.68. The molecule has 0 amide bonds. The van der Waals surface area contributed by atoms with Gasteiger partial charge < -0.3 is 10.2 Å². The van der Waals surface area contributed by atoms with Crippen LogP contribution in [0.5, 0.6) is 0 Å². The predicted molar refractivity (Wildman–Crippen MR) is 122 cm³/mol. The molecule has 0 bridgehead atoms. The van der Waals surface area contributed by atoms with E-state index in [1.807, 2.05) is 37.1 Å². The number of benzene rings is 2. The Hall–Kier alpha value is -2.90. The Morgan fingerprint density at radius 2 is 1.97 bits per heavy atom. The van der Waals surface area contributed by atoms with Gasteiger partial charge in [0.1, 0.15) is 5.82 Å². The van der Waals surface area contributed by atoms with E-state index < -0.39 is 9.84 Å². The molecule has 0 saturated carbocycles. The summed E-state index contributed by atoms with van der Waals surface area (Å²) in [6.07, 6.45) is 4.99. The summed E-state index contributed by atoms with van der Waals surface area (Å²) in [4.78, 5) is 11.3. The van der Waals surface area contributed by atoms with Gasteiger partial charge in [-0.25, -0.2) is 13.4 Å². The molecule has 2 heterocycles. The van der Waals surface area contributed by atoms with Crippen molar-refractivity contribution in [3.63, 3.8) is 0 Å². The monoisotopic (exact) mass is 440 g/mol. The van der Waals surface area contributed by atoms with Gasteiger partial charge in [0.25, 0.3) is 0 Å². The van der Waals surface area contributed by atoms with Gasteiger partial charge in [-0.05, 0) is 54.0 Å². The number of nitrogens with one attached hydrogen (secondary N) is 1. The van der Waals surface area contributed by atoms with Crippen LogP contribution in [0.4, 0.5) is 17.5 Å². The molecule has 0 unspecified atom stereocenters. The maximum absolute atomic E-state index is 11.8. The molecule has 0 aliphatic carbocycles. The lowest BCUT2D eigenvalue weighted by Crippen LogP contribution is -2.25. The molecular formula is C22H21ClN4O2S. The zero-order valence-corrected chi connectivity index (χ0v) is 18.4. The number of aryl methyl sites for hydroxylation is 1. The molecule has 4 rings (SSSR count).